The third-order valence-corrected chi connectivity index (χ3v) is 15.4. The van der Waals surface area contributed by atoms with Crippen LogP contribution in [-0.4, -0.2) is 96.0 Å². The van der Waals surface area contributed by atoms with Crippen molar-refractivity contribution in [3.05, 3.63) is 45.7 Å². The lowest BCUT2D eigenvalue weighted by Gasteiger charge is -2.46. The van der Waals surface area contributed by atoms with Gasteiger partial charge in [0.2, 0.25) is 23.1 Å². The van der Waals surface area contributed by atoms with Crippen molar-refractivity contribution in [3.8, 4) is 23.7 Å². The summed E-state index contributed by atoms with van der Waals surface area (Å²) in [5, 5.41) is 0. The number of hydrogen-bond acceptors (Lipinski definition) is 12. The number of esters is 2. The summed E-state index contributed by atoms with van der Waals surface area (Å²) in [7, 11) is 3.11. The van der Waals surface area contributed by atoms with Gasteiger partial charge in [-0.25, -0.2) is 9.59 Å². The van der Waals surface area contributed by atoms with Gasteiger partial charge in [0.1, 0.15) is 22.6 Å². The average Bonchev–Trinajstić information content (AvgIpc) is 4.00. The van der Waals surface area contributed by atoms with Gasteiger partial charge in [0.05, 0.1) is 61.2 Å². The highest BCUT2D eigenvalue weighted by Crippen LogP contribution is 2.74. The summed E-state index contributed by atoms with van der Waals surface area (Å²) in [5.74, 6) is 14.9. The van der Waals surface area contributed by atoms with E-state index in [-0.39, 0.29) is 59.8 Å². The molecule has 2 unspecified atom stereocenters. The summed E-state index contributed by atoms with van der Waals surface area (Å²) < 4.78 is 50.4. The number of carbonyl (C=O) groups excluding carboxylic acids is 2. The van der Waals surface area contributed by atoms with Gasteiger partial charge in [-0.3, -0.25) is 9.80 Å². The molecule has 0 saturated carbocycles. The molecule has 0 aliphatic carbocycles. The molecule has 12 heteroatoms. The molecule has 12 nitrogen and oxygen atoms in total. The molecule has 16 atom stereocenters. The quantitative estimate of drug-likeness (QED) is 0.311. The second-order valence-corrected chi connectivity index (χ2v) is 16.8. The van der Waals surface area contributed by atoms with Crippen LogP contribution in [0.15, 0.2) is 45.7 Å². The van der Waals surface area contributed by atoms with Gasteiger partial charge in [0.25, 0.3) is 0 Å². The van der Waals surface area contributed by atoms with Gasteiger partial charge in [-0.15, -0.1) is 0 Å². The van der Waals surface area contributed by atoms with E-state index >= 15 is 0 Å². The lowest BCUT2D eigenvalue weighted by molar-refractivity contribution is -0.255. The number of piperidine rings is 2. The fraction of sp³-hybridized carbons (Fsp3) is 0.650. The van der Waals surface area contributed by atoms with Crippen LogP contribution < -0.4 is 0 Å². The van der Waals surface area contributed by atoms with Crippen LogP contribution >= 0.6 is 0 Å². The number of cyclic esters (lactones) is 2. The molecule has 10 bridgehead atoms. The number of methoxy groups -OCH3 is 2. The van der Waals surface area contributed by atoms with E-state index in [0.29, 0.717) is 45.7 Å². The normalized spacial score (nSPS) is 55.3. The predicted octanol–water partition coefficient (Wildman–Crippen LogP) is 2.82. The first-order chi connectivity index (χ1) is 25.1. The molecule has 0 aromatic rings. The Bertz CT molecular complexity index is 1970. The molecule has 12 aliphatic heterocycles. The van der Waals surface area contributed by atoms with E-state index in [1.54, 1.807) is 28.1 Å². The Kier molecular flexibility index (Phi) is 5.41. The van der Waals surface area contributed by atoms with Crippen LogP contribution in [0, 0.1) is 59.2 Å². The van der Waals surface area contributed by atoms with E-state index in [1.165, 1.54) is 0 Å². The summed E-state index contributed by atoms with van der Waals surface area (Å²) in [6.45, 7) is 9.62. The van der Waals surface area contributed by atoms with E-state index in [0.717, 1.165) is 38.8 Å². The third kappa shape index (κ3) is 2.92. The van der Waals surface area contributed by atoms with Gasteiger partial charge < -0.3 is 37.9 Å². The van der Waals surface area contributed by atoms with E-state index in [1.807, 2.05) is 0 Å². The number of fused-ring (bicyclic) bond motifs is 2. The van der Waals surface area contributed by atoms with Crippen molar-refractivity contribution in [2.75, 3.05) is 27.3 Å². The Morgan fingerprint density at radius 3 is 1.52 bits per heavy atom. The number of nitrogens with zero attached hydrogens (tertiary/aromatic N) is 2. The number of allylic oxidation sites excluding steroid dienone is 2. The van der Waals surface area contributed by atoms with Crippen molar-refractivity contribution < 1.29 is 47.5 Å². The smallest absolute Gasteiger partial charge is 0.343 e. The fourth-order valence-electron chi connectivity index (χ4n) is 13.8. The standard InChI is InChI=1S/C40H40N2O10/c1-17-27-21-15-25-37(23(9-13-41(21)37)39(27,49-25)51-31(17)33-29(45-5)19(3)35(43)47-33)11-7-8-12-38-24-10-14-42(38)22-16-26(38)50-40(24)28(22)18(2)32(52-40)34-30(46-6)20(4)36(44)48-34/h17-18,21-28H,9-10,13-16H2,1-6H3/b33-31-,34-32-/t17-,18-,21-,22-,23-,24-,25-,26-,27+,28+,37-,38-,39+,40+/m0/s1. The maximum absolute atomic E-state index is 12.5. The first kappa shape index (κ1) is 30.5. The summed E-state index contributed by atoms with van der Waals surface area (Å²) in [6, 6.07) is 0.488. The number of ether oxygens (including phenoxy) is 8. The summed E-state index contributed by atoms with van der Waals surface area (Å²) >= 11 is 0. The molecule has 12 heterocycles. The molecule has 12 aliphatic rings. The fourth-order valence-corrected chi connectivity index (χ4v) is 13.8. The molecule has 10 saturated heterocycles. The first-order valence-electron chi connectivity index (χ1n) is 18.8. The molecule has 0 N–H and O–H groups in total. The van der Waals surface area contributed by atoms with Gasteiger partial charge in [0.15, 0.2) is 11.5 Å². The molecule has 0 amide bonds. The maximum atomic E-state index is 12.5. The number of hydrogen-bond donors (Lipinski definition) is 0. The van der Waals surface area contributed by atoms with Gasteiger partial charge in [0, 0.05) is 37.0 Å². The molecule has 52 heavy (non-hydrogen) atoms. The van der Waals surface area contributed by atoms with Gasteiger partial charge in [-0.2, -0.15) is 0 Å². The van der Waals surface area contributed by atoms with Crippen LogP contribution in [0.2, 0.25) is 0 Å². The van der Waals surface area contributed by atoms with E-state index < -0.39 is 34.6 Å². The second kappa shape index (κ2) is 9.22. The van der Waals surface area contributed by atoms with Crippen molar-refractivity contribution in [1.82, 2.24) is 9.80 Å². The molecular weight excluding hydrogens is 668 g/mol. The zero-order valence-electron chi connectivity index (χ0n) is 30.0. The molecule has 2 spiro atoms. The Hall–Kier alpha value is -3.94. The molecule has 0 aromatic heterocycles. The maximum Gasteiger partial charge on any atom is 0.343 e. The Morgan fingerprint density at radius 1 is 0.692 bits per heavy atom. The lowest BCUT2D eigenvalue weighted by Crippen LogP contribution is -2.60. The minimum atomic E-state index is -0.826. The van der Waals surface area contributed by atoms with E-state index in [2.05, 4.69) is 47.3 Å². The predicted molar refractivity (Wildman–Crippen MR) is 176 cm³/mol. The average molecular weight is 709 g/mol. The van der Waals surface area contributed by atoms with Crippen LogP contribution in [0.1, 0.15) is 53.4 Å². The van der Waals surface area contributed by atoms with Crippen LogP contribution in [0.3, 0.4) is 0 Å². The minimum absolute atomic E-state index is 0.0183. The molecule has 270 valence electrons. The molecule has 0 radical (unpaired) electrons. The lowest BCUT2D eigenvalue weighted by atomic mass is 9.71. The van der Waals surface area contributed by atoms with E-state index in [9.17, 15) is 9.59 Å². The first-order valence-corrected chi connectivity index (χ1v) is 18.8. The summed E-state index contributed by atoms with van der Waals surface area (Å²) in [4.78, 5) is 30.2. The van der Waals surface area contributed by atoms with E-state index in [4.69, 9.17) is 37.9 Å². The Morgan fingerprint density at radius 2 is 1.12 bits per heavy atom. The van der Waals surface area contributed by atoms with Crippen molar-refractivity contribution in [2.24, 2.45) is 35.5 Å². The van der Waals surface area contributed by atoms with Crippen molar-refractivity contribution in [3.63, 3.8) is 0 Å². The molecule has 0 aromatic carbocycles. The van der Waals surface area contributed by atoms with Crippen molar-refractivity contribution in [2.45, 2.75) is 100 Å². The SMILES string of the molecule is COC1=C(C)C(=O)O/C1=C1\O[C@@]23O[C@H]4C[C@@H]([C@H]2[C@@H]1C)N1CC[C@H]3[C@@]41C#CC#C[C@@]12[C@@H]3C[C@H]4[C@H]5[C@H](C)/C(=C6/OC(=O)C(C)=C6OC)O[C@]5(O3)[C@H]1CCN42. The highest BCUT2D eigenvalue weighted by atomic mass is 16.7. The third-order valence-electron chi connectivity index (χ3n) is 15.4. The van der Waals surface area contributed by atoms with Crippen LogP contribution in [0.25, 0.3) is 0 Å². The van der Waals surface area contributed by atoms with Gasteiger partial charge in [-0.05, 0) is 51.4 Å². The van der Waals surface area contributed by atoms with Crippen LogP contribution in [0.5, 0.6) is 0 Å². The highest BCUT2D eigenvalue weighted by molar-refractivity contribution is 5.94. The topological polar surface area (TPSA) is 114 Å². The van der Waals surface area contributed by atoms with Crippen molar-refractivity contribution >= 4 is 11.9 Å². The zero-order valence-corrected chi connectivity index (χ0v) is 30.0. The highest BCUT2D eigenvalue weighted by Gasteiger charge is 2.86. The van der Waals surface area contributed by atoms with Gasteiger partial charge >= 0.3 is 11.9 Å². The molecule has 10 fully saturated rings. The Labute approximate surface area is 301 Å². The largest absolute Gasteiger partial charge is 0.492 e. The van der Waals surface area contributed by atoms with Crippen LogP contribution in [-0.2, 0) is 47.5 Å². The number of rotatable bonds is 2. The Balaban J connectivity index is 0.887. The van der Waals surface area contributed by atoms with Gasteiger partial charge in [-0.1, -0.05) is 25.7 Å². The van der Waals surface area contributed by atoms with Crippen LogP contribution in [0.4, 0.5) is 0 Å². The molecular formula is C40H40N2O10. The number of carbonyl (C=O) groups is 2. The summed E-state index contributed by atoms with van der Waals surface area (Å²) in [5.41, 5.74) is -0.0608. The summed E-state index contributed by atoms with van der Waals surface area (Å²) in [6.07, 6.45) is 3.42. The molecule has 12 rings (SSSR count). The minimum Gasteiger partial charge on any atom is -0.492 e. The second-order valence-electron chi connectivity index (χ2n) is 16.8. The zero-order chi connectivity index (χ0) is 35.4. The monoisotopic (exact) mass is 708 g/mol. The van der Waals surface area contributed by atoms with Crippen molar-refractivity contribution in [1.29, 1.82) is 0 Å².